The highest BCUT2D eigenvalue weighted by Crippen LogP contribution is 2.18. The van der Waals surface area contributed by atoms with Crippen molar-refractivity contribution in [1.29, 1.82) is 0 Å². The molecule has 30 heavy (non-hydrogen) atoms. The van der Waals surface area contributed by atoms with E-state index < -0.39 is 0 Å². The van der Waals surface area contributed by atoms with Gasteiger partial charge in [0, 0.05) is 23.7 Å². The average Bonchev–Trinajstić information content (AvgIpc) is 2.76. The second-order valence-electron chi connectivity index (χ2n) is 6.93. The number of para-hydroxylation sites is 1. The third kappa shape index (κ3) is 3.87. The van der Waals surface area contributed by atoms with Gasteiger partial charge in [-0.2, -0.15) is 0 Å². The fourth-order valence-corrected chi connectivity index (χ4v) is 3.49. The van der Waals surface area contributed by atoms with Gasteiger partial charge in [-0.3, -0.25) is 9.59 Å². The van der Waals surface area contributed by atoms with Crippen LogP contribution < -0.4 is 10.2 Å². The monoisotopic (exact) mass is 401 g/mol. The molecule has 0 aliphatic carbocycles. The zero-order chi connectivity index (χ0) is 21.1. The maximum absolute atomic E-state index is 13.6. The lowest BCUT2D eigenvalue weighted by atomic mass is 10.0. The van der Waals surface area contributed by atoms with Crippen LogP contribution in [0.2, 0.25) is 0 Å². The van der Waals surface area contributed by atoms with Crippen molar-refractivity contribution in [2.75, 3.05) is 6.61 Å². The molecule has 0 spiro atoms. The standard InChI is InChI=1S/C25H20FNO3/c1-2-30-20-12-10-18(11-13-20)24(28)22-16-27(15-17-6-5-7-19(26)14-17)23-9-4-3-8-21(23)25(22)29/h3-14,16H,2,15H2,1H3. The minimum Gasteiger partial charge on any atom is -0.494 e. The molecule has 4 aromatic rings. The molecule has 0 amide bonds. The Hall–Kier alpha value is -3.73. The van der Waals surface area contributed by atoms with E-state index in [-0.39, 0.29) is 22.6 Å². The van der Waals surface area contributed by atoms with Crippen LogP contribution in [0.5, 0.6) is 5.75 Å². The average molecular weight is 401 g/mol. The topological polar surface area (TPSA) is 48.3 Å². The van der Waals surface area contributed by atoms with Crippen LogP contribution >= 0.6 is 0 Å². The summed E-state index contributed by atoms with van der Waals surface area (Å²) in [6.45, 7) is 2.75. The minimum atomic E-state index is -0.359. The number of fused-ring (bicyclic) bond motifs is 1. The van der Waals surface area contributed by atoms with Crippen LogP contribution in [0.25, 0.3) is 10.9 Å². The highest BCUT2D eigenvalue weighted by Gasteiger charge is 2.17. The number of nitrogens with zero attached hydrogens (tertiary/aromatic N) is 1. The van der Waals surface area contributed by atoms with Gasteiger partial charge in [0.2, 0.25) is 5.43 Å². The van der Waals surface area contributed by atoms with E-state index in [2.05, 4.69) is 0 Å². The van der Waals surface area contributed by atoms with E-state index in [9.17, 15) is 14.0 Å². The van der Waals surface area contributed by atoms with E-state index in [1.807, 2.05) is 29.7 Å². The number of hydrogen-bond acceptors (Lipinski definition) is 3. The number of halogens is 1. The third-order valence-electron chi connectivity index (χ3n) is 4.90. The van der Waals surface area contributed by atoms with Crippen LogP contribution in [0.15, 0.2) is 83.8 Å². The van der Waals surface area contributed by atoms with Gasteiger partial charge in [-0.25, -0.2) is 4.39 Å². The Bertz CT molecular complexity index is 1280. The number of aromatic nitrogens is 1. The molecule has 4 rings (SSSR count). The molecule has 0 unspecified atom stereocenters. The van der Waals surface area contributed by atoms with E-state index in [4.69, 9.17) is 4.74 Å². The van der Waals surface area contributed by atoms with Crippen molar-refractivity contribution in [3.8, 4) is 5.75 Å². The predicted octanol–water partition coefficient (Wildman–Crippen LogP) is 4.82. The second kappa shape index (κ2) is 8.33. The second-order valence-corrected chi connectivity index (χ2v) is 6.93. The van der Waals surface area contributed by atoms with Crippen molar-refractivity contribution in [1.82, 2.24) is 4.57 Å². The fraction of sp³-hybridized carbons (Fsp3) is 0.120. The molecule has 4 nitrogen and oxygen atoms in total. The van der Waals surface area contributed by atoms with Crippen LogP contribution in [0, 0.1) is 5.82 Å². The van der Waals surface area contributed by atoms with Gasteiger partial charge in [-0.1, -0.05) is 24.3 Å². The maximum atomic E-state index is 13.6. The van der Waals surface area contributed by atoms with Crippen molar-refractivity contribution in [3.05, 3.63) is 112 Å². The van der Waals surface area contributed by atoms with Crippen molar-refractivity contribution >= 4 is 16.7 Å². The Balaban J connectivity index is 1.80. The Morgan fingerprint density at radius 2 is 1.77 bits per heavy atom. The number of benzene rings is 3. The third-order valence-corrected chi connectivity index (χ3v) is 4.90. The molecular weight excluding hydrogens is 381 g/mol. The normalized spacial score (nSPS) is 10.9. The largest absolute Gasteiger partial charge is 0.494 e. The van der Waals surface area contributed by atoms with Crippen molar-refractivity contribution in [3.63, 3.8) is 0 Å². The number of ketones is 1. The number of carbonyl (C=O) groups excluding carboxylic acids is 1. The highest BCUT2D eigenvalue weighted by molar-refractivity contribution is 6.10. The van der Waals surface area contributed by atoms with Crippen molar-refractivity contribution in [2.24, 2.45) is 0 Å². The first-order chi connectivity index (χ1) is 14.6. The number of ether oxygens (including phenoxy) is 1. The van der Waals surface area contributed by atoms with Crippen LogP contribution in [-0.4, -0.2) is 17.0 Å². The van der Waals surface area contributed by atoms with E-state index in [1.54, 1.807) is 48.7 Å². The molecule has 0 bridgehead atoms. The van der Waals surface area contributed by atoms with Crippen molar-refractivity contribution in [2.45, 2.75) is 13.5 Å². The van der Waals surface area contributed by atoms with Gasteiger partial charge in [0.15, 0.2) is 5.78 Å². The van der Waals surface area contributed by atoms with E-state index in [0.717, 1.165) is 5.56 Å². The summed E-state index contributed by atoms with van der Waals surface area (Å²) in [6.07, 6.45) is 1.56. The number of hydrogen-bond donors (Lipinski definition) is 0. The zero-order valence-corrected chi connectivity index (χ0v) is 16.5. The lowest BCUT2D eigenvalue weighted by Gasteiger charge is -2.14. The lowest BCUT2D eigenvalue weighted by molar-refractivity contribution is 0.103. The fourth-order valence-electron chi connectivity index (χ4n) is 3.49. The smallest absolute Gasteiger partial charge is 0.200 e. The number of carbonyl (C=O) groups is 1. The summed E-state index contributed by atoms with van der Waals surface area (Å²) in [4.78, 5) is 26.2. The maximum Gasteiger partial charge on any atom is 0.200 e. The summed E-state index contributed by atoms with van der Waals surface area (Å²) in [6, 6.07) is 20.1. The van der Waals surface area contributed by atoms with Gasteiger partial charge in [0.05, 0.1) is 17.7 Å². The lowest BCUT2D eigenvalue weighted by Crippen LogP contribution is -2.20. The van der Waals surface area contributed by atoms with Gasteiger partial charge in [-0.05, 0) is 61.0 Å². The van der Waals surface area contributed by atoms with Gasteiger partial charge < -0.3 is 9.30 Å². The predicted molar refractivity (Wildman–Crippen MR) is 115 cm³/mol. The van der Waals surface area contributed by atoms with Crippen LogP contribution in [0.1, 0.15) is 28.4 Å². The quantitative estimate of drug-likeness (QED) is 0.435. The SMILES string of the molecule is CCOc1ccc(C(=O)c2cn(Cc3cccc(F)c3)c3ccccc3c2=O)cc1. The first-order valence-electron chi connectivity index (χ1n) is 9.71. The zero-order valence-electron chi connectivity index (χ0n) is 16.5. The molecule has 1 heterocycles. The molecule has 0 radical (unpaired) electrons. The van der Waals surface area contributed by atoms with E-state index >= 15 is 0 Å². The van der Waals surface area contributed by atoms with Gasteiger partial charge in [0.25, 0.3) is 0 Å². The molecule has 5 heteroatoms. The minimum absolute atomic E-state index is 0.0780. The molecule has 150 valence electrons. The molecule has 1 aromatic heterocycles. The van der Waals surface area contributed by atoms with Gasteiger partial charge in [0.1, 0.15) is 11.6 Å². The summed E-state index contributed by atoms with van der Waals surface area (Å²) in [7, 11) is 0. The number of pyridine rings is 1. The summed E-state index contributed by atoms with van der Waals surface area (Å²) in [5.41, 5.74) is 1.59. The van der Waals surface area contributed by atoms with E-state index in [1.165, 1.54) is 12.1 Å². The molecule has 0 aliphatic rings. The molecular formula is C25H20FNO3. The van der Waals surface area contributed by atoms with Crippen LogP contribution in [0.3, 0.4) is 0 Å². The highest BCUT2D eigenvalue weighted by atomic mass is 19.1. The summed E-state index contributed by atoms with van der Waals surface area (Å²) < 4.78 is 20.9. The Morgan fingerprint density at radius 3 is 2.50 bits per heavy atom. The van der Waals surface area contributed by atoms with Crippen LogP contribution in [0.4, 0.5) is 4.39 Å². The molecule has 3 aromatic carbocycles. The Labute approximate surface area is 173 Å². The molecule has 0 aliphatic heterocycles. The Kier molecular flexibility index (Phi) is 5.44. The number of rotatable bonds is 6. The van der Waals surface area contributed by atoms with E-state index in [0.29, 0.717) is 35.4 Å². The molecule has 0 saturated heterocycles. The van der Waals surface area contributed by atoms with Crippen molar-refractivity contribution < 1.29 is 13.9 Å². The molecule has 0 atom stereocenters. The molecule has 0 N–H and O–H groups in total. The van der Waals surface area contributed by atoms with Gasteiger partial charge in [-0.15, -0.1) is 0 Å². The molecule has 0 fully saturated rings. The van der Waals surface area contributed by atoms with Crippen LogP contribution in [-0.2, 0) is 6.54 Å². The van der Waals surface area contributed by atoms with Gasteiger partial charge >= 0.3 is 0 Å². The summed E-state index contributed by atoms with van der Waals surface area (Å²) in [5, 5.41) is 0.450. The first kappa shape index (κ1) is 19.6. The summed E-state index contributed by atoms with van der Waals surface area (Å²) >= 11 is 0. The first-order valence-corrected chi connectivity index (χ1v) is 9.71. The molecule has 0 saturated carbocycles. The summed E-state index contributed by atoms with van der Waals surface area (Å²) in [5.74, 6) is -0.0265. The Morgan fingerprint density at radius 1 is 1.00 bits per heavy atom.